The van der Waals surface area contributed by atoms with E-state index in [2.05, 4.69) is 4.98 Å². The molecular formula is C13H10N4O5. The number of rotatable bonds is 4. The molecule has 2 aromatic rings. The highest BCUT2D eigenvalue weighted by Gasteiger charge is 2.26. The Kier molecular flexibility index (Phi) is 4.33. The lowest BCUT2D eigenvalue weighted by Crippen LogP contribution is -2.12. The summed E-state index contributed by atoms with van der Waals surface area (Å²) in [6.07, 6.45) is -0.977. The first-order valence-electron chi connectivity index (χ1n) is 6.02. The van der Waals surface area contributed by atoms with E-state index in [0.717, 1.165) is 0 Å². The Morgan fingerprint density at radius 1 is 1.45 bits per heavy atom. The highest BCUT2D eigenvalue weighted by Crippen LogP contribution is 2.18. The summed E-state index contributed by atoms with van der Waals surface area (Å²) in [5, 5.41) is 19.7. The quantitative estimate of drug-likeness (QED) is 0.366. The maximum atomic E-state index is 11.5. The van der Waals surface area contributed by atoms with Gasteiger partial charge in [-0.1, -0.05) is 18.2 Å². The van der Waals surface area contributed by atoms with E-state index >= 15 is 0 Å². The van der Waals surface area contributed by atoms with Crippen LogP contribution in [0.5, 0.6) is 5.75 Å². The highest BCUT2D eigenvalue weighted by molar-refractivity contribution is 5.63. The van der Waals surface area contributed by atoms with Crippen LogP contribution in [0.4, 0.5) is 10.6 Å². The zero-order chi connectivity index (χ0) is 16.1. The molecule has 112 valence electrons. The second kappa shape index (κ2) is 6.36. The number of carbonyl (C=O) groups excluding carboxylic acids is 1. The Morgan fingerprint density at radius 3 is 2.68 bits per heavy atom. The predicted octanol–water partition coefficient (Wildman–Crippen LogP) is 1.92. The number of nitrogens with zero attached hydrogens (tertiary/aromatic N) is 4. The maximum absolute atomic E-state index is 11.5. The number of aromatic nitrogens is 2. The molecule has 9 heteroatoms. The fourth-order valence-electron chi connectivity index (χ4n) is 1.65. The van der Waals surface area contributed by atoms with Crippen LogP contribution in [0.1, 0.15) is 11.5 Å². The summed E-state index contributed by atoms with van der Waals surface area (Å²) in [4.78, 5) is 25.2. The SMILES string of the molecule is Cn1c(COC(=O)Oc2ccccc2)nc([N+](=O)[O-])c1C#N. The van der Waals surface area contributed by atoms with Crippen LogP contribution >= 0.6 is 0 Å². The minimum atomic E-state index is -0.977. The number of ether oxygens (including phenoxy) is 2. The number of hydrogen-bond acceptors (Lipinski definition) is 7. The van der Waals surface area contributed by atoms with Gasteiger partial charge in [-0.05, 0) is 22.0 Å². The number of para-hydroxylation sites is 1. The van der Waals surface area contributed by atoms with Crippen molar-refractivity contribution in [3.05, 3.63) is 52.0 Å². The molecule has 22 heavy (non-hydrogen) atoms. The van der Waals surface area contributed by atoms with Crippen LogP contribution in [0.3, 0.4) is 0 Å². The topological polar surface area (TPSA) is 120 Å². The van der Waals surface area contributed by atoms with Crippen LogP contribution in [0.25, 0.3) is 0 Å². The molecule has 0 aliphatic heterocycles. The van der Waals surface area contributed by atoms with Crippen LogP contribution in [0.15, 0.2) is 30.3 Å². The minimum absolute atomic E-state index is 0.0632. The minimum Gasteiger partial charge on any atom is -0.423 e. The van der Waals surface area contributed by atoms with Crippen molar-refractivity contribution in [2.24, 2.45) is 7.05 Å². The Bertz CT molecular complexity index is 748. The summed E-state index contributed by atoms with van der Waals surface area (Å²) < 4.78 is 10.9. The maximum Gasteiger partial charge on any atom is 0.514 e. The molecule has 0 spiro atoms. The second-order valence-corrected chi connectivity index (χ2v) is 4.08. The van der Waals surface area contributed by atoms with Gasteiger partial charge >= 0.3 is 12.0 Å². The van der Waals surface area contributed by atoms with Crippen LogP contribution in [-0.4, -0.2) is 20.6 Å². The summed E-state index contributed by atoms with van der Waals surface area (Å²) in [6.45, 7) is -0.356. The molecule has 0 aliphatic rings. The van der Waals surface area contributed by atoms with Gasteiger partial charge in [-0.25, -0.2) is 4.79 Å². The number of nitriles is 1. The number of hydrogen-bond donors (Lipinski definition) is 0. The highest BCUT2D eigenvalue weighted by atomic mass is 16.7. The van der Waals surface area contributed by atoms with Gasteiger partial charge in [-0.2, -0.15) is 5.26 Å². The fraction of sp³-hybridized carbons (Fsp3) is 0.154. The normalized spacial score (nSPS) is 9.82. The summed E-state index contributed by atoms with van der Waals surface area (Å²) >= 11 is 0. The van der Waals surface area contributed by atoms with Gasteiger partial charge in [-0.15, -0.1) is 0 Å². The summed E-state index contributed by atoms with van der Waals surface area (Å²) in [7, 11) is 1.42. The monoisotopic (exact) mass is 302 g/mol. The predicted molar refractivity (Wildman–Crippen MR) is 71.8 cm³/mol. The van der Waals surface area contributed by atoms with Crippen molar-refractivity contribution in [2.75, 3.05) is 0 Å². The number of nitro groups is 1. The third kappa shape index (κ3) is 3.18. The number of benzene rings is 1. The van der Waals surface area contributed by atoms with Gasteiger partial charge in [-0.3, -0.25) is 4.57 Å². The molecule has 0 bridgehead atoms. The first-order chi connectivity index (χ1) is 10.5. The summed E-state index contributed by atoms with van der Waals surface area (Å²) in [5.41, 5.74) is -0.222. The molecule has 0 radical (unpaired) electrons. The third-order valence-electron chi connectivity index (χ3n) is 2.71. The Morgan fingerprint density at radius 2 is 2.14 bits per heavy atom. The molecule has 0 N–H and O–H groups in total. The van der Waals surface area contributed by atoms with E-state index in [1.54, 1.807) is 36.4 Å². The van der Waals surface area contributed by atoms with Crippen molar-refractivity contribution in [1.82, 2.24) is 9.55 Å². The van der Waals surface area contributed by atoms with Gasteiger partial charge < -0.3 is 19.6 Å². The molecule has 1 aromatic heterocycles. The first-order valence-corrected chi connectivity index (χ1v) is 6.02. The average molecular weight is 302 g/mol. The van der Waals surface area contributed by atoms with Crippen LogP contribution < -0.4 is 4.74 Å². The molecular weight excluding hydrogens is 292 g/mol. The molecule has 1 aromatic carbocycles. The molecule has 9 nitrogen and oxygen atoms in total. The zero-order valence-electron chi connectivity index (χ0n) is 11.4. The number of carbonyl (C=O) groups is 1. The van der Waals surface area contributed by atoms with E-state index in [-0.39, 0.29) is 18.1 Å². The first kappa shape index (κ1) is 15.0. The zero-order valence-corrected chi connectivity index (χ0v) is 11.4. The fourth-order valence-corrected chi connectivity index (χ4v) is 1.65. The molecule has 2 rings (SSSR count). The van der Waals surface area contributed by atoms with Crippen molar-refractivity contribution in [3.63, 3.8) is 0 Å². The van der Waals surface area contributed by atoms with Crippen LogP contribution in [0.2, 0.25) is 0 Å². The molecule has 0 saturated heterocycles. The second-order valence-electron chi connectivity index (χ2n) is 4.08. The number of imidazole rings is 1. The molecule has 0 atom stereocenters. The lowest BCUT2D eigenvalue weighted by atomic mass is 10.3. The van der Waals surface area contributed by atoms with Crippen molar-refractivity contribution in [3.8, 4) is 11.8 Å². The lowest BCUT2D eigenvalue weighted by molar-refractivity contribution is -0.389. The van der Waals surface area contributed by atoms with Crippen molar-refractivity contribution < 1.29 is 19.2 Å². The molecule has 0 aliphatic carbocycles. The Hall–Kier alpha value is -3.41. The van der Waals surface area contributed by atoms with E-state index in [4.69, 9.17) is 14.7 Å². The lowest BCUT2D eigenvalue weighted by Gasteiger charge is -2.04. The van der Waals surface area contributed by atoms with Gasteiger partial charge in [0.1, 0.15) is 11.8 Å². The smallest absolute Gasteiger partial charge is 0.423 e. The van der Waals surface area contributed by atoms with Crippen molar-refractivity contribution >= 4 is 12.0 Å². The van der Waals surface area contributed by atoms with Crippen LogP contribution in [0, 0.1) is 21.4 Å². The van der Waals surface area contributed by atoms with Crippen LogP contribution in [-0.2, 0) is 18.4 Å². The molecule has 0 amide bonds. The standard InChI is InChI=1S/C13H10N4O5/c1-16-10(7-14)12(17(19)20)15-11(16)8-21-13(18)22-9-5-3-2-4-6-9/h2-6H,8H2,1H3. The van der Waals surface area contributed by atoms with E-state index in [1.807, 2.05) is 0 Å². The van der Waals surface area contributed by atoms with Gasteiger partial charge in [0.2, 0.25) is 5.69 Å². The van der Waals surface area contributed by atoms with E-state index in [1.165, 1.54) is 11.6 Å². The summed E-state index contributed by atoms with van der Waals surface area (Å²) in [6, 6.07) is 9.95. The van der Waals surface area contributed by atoms with E-state index in [0.29, 0.717) is 5.75 Å². The summed E-state index contributed by atoms with van der Waals surface area (Å²) in [5.74, 6) is -0.218. The molecule has 1 heterocycles. The van der Waals surface area contributed by atoms with Gasteiger partial charge in [0.15, 0.2) is 6.61 Å². The Balaban J connectivity index is 2.04. The van der Waals surface area contributed by atoms with Crippen molar-refractivity contribution in [2.45, 2.75) is 6.61 Å². The molecule has 0 fully saturated rings. The van der Waals surface area contributed by atoms with Crippen molar-refractivity contribution in [1.29, 1.82) is 5.26 Å². The largest absolute Gasteiger partial charge is 0.514 e. The Labute approximate surface area is 124 Å². The van der Waals surface area contributed by atoms with Gasteiger partial charge in [0.25, 0.3) is 5.82 Å². The average Bonchev–Trinajstić information content (AvgIpc) is 2.82. The van der Waals surface area contributed by atoms with Gasteiger partial charge in [0.05, 0.1) is 0 Å². The molecule has 0 unspecified atom stereocenters. The third-order valence-corrected chi connectivity index (χ3v) is 2.71. The van der Waals surface area contributed by atoms with E-state index in [9.17, 15) is 14.9 Å². The molecule has 0 saturated carbocycles. The van der Waals surface area contributed by atoms with Gasteiger partial charge in [0, 0.05) is 7.05 Å². The van der Waals surface area contributed by atoms with E-state index < -0.39 is 16.9 Å².